The Morgan fingerprint density at radius 1 is 0.582 bits per heavy atom. The van der Waals surface area contributed by atoms with E-state index in [-0.39, 0.29) is 50.0 Å². The second-order valence-electron chi connectivity index (χ2n) is 30.5. The number of carboxylic acid groups (broad SMARTS) is 1. The van der Waals surface area contributed by atoms with Crippen molar-refractivity contribution in [2.24, 2.45) is 50.2 Å². The molecule has 30 nitrogen and oxygen atoms in total. The summed E-state index contributed by atoms with van der Waals surface area (Å²) in [6.07, 6.45) is -35.4. The molecule has 98 heavy (non-hydrogen) atoms. The minimum Gasteiger partial charge on any atom is -0.497 e. The predicted octanol–water partition coefficient (Wildman–Crippen LogP) is -1.60. The molecule has 15 N–H and O–H groups in total. The number of aliphatic hydroxyl groups is 14. The molecule has 0 spiro atoms. The van der Waals surface area contributed by atoms with Crippen molar-refractivity contribution in [1.29, 1.82) is 0 Å². The molecule has 30 heteroatoms. The van der Waals surface area contributed by atoms with Crippen molar-refractivity contribution < 1.29 is 148 Å². The maximum atomic E-state index is 16.0. The molecule has 0 unspecified atom stereocenters. The highest BCUT2D eigenvalue weighted by Crippen LogP contribution is 2.76. The average molecular weight is 1400 g/mol. The lowest BCUT2D eigenvalue weighted by molar-refractivity contribution is -0.390. The predicted molar refractivity (Wildman–Crippen MR) is 331 cm³/mol. The third-order valence-corrected chi connectivity index (χ3v) is 24.4. The fraction of sp³-hybridized carbons (Fsp3) is 0.809. The second-order valence-corrected chi connectivity index (χ2v) is 30.5. The van der Waals surface area contributed by atoms with Crippen molar-refractivity contribution in [2.75, 3.05) is 33.5 Å². The second kappa shape index (κ2) is 28.6. The van der Waals surface area contributed by atoms with Gasteiger partial charge >= 0.3 is 17.9 Å². The molecule has 9 fully saturated rings. The summed E-state index contributed by atoms with van der Waals surface area (Å²) >= 11 is 0. The lowest BCUT2D eigenvalue weighted by Gasteiger charge is -2.71. The lowest BCUT2D eigenvalue weighted by Crippen LogP contribution is -2.71. The van der Waals surface area contributed by atoms with Crippen LogP contribution in [-0.4, -0.2) is 282 Å². The molecule has 1 aromatic rings. The lowest BCUT2D eigenvalue weighted by atomic mass is 9.33. The monoisotopic (exact) mass is 1400 g/mol. The number of aliphatic carboxylic acids is 1. The first-order valence-corrected chi connectivity index (χ1v) is 34.0. The number of carboxylic acids is 1. The molecule has 0 radical (unpaired) electrons. The Morgan fingerprint density at radius 3 is 1.78 bits per heavy atom. The summed E-state index contributed by atoms with van der Waals surface area (Å²) in [5.74, 6) is -4.13. The number of esters is 2. The average Bonchev–Trinajstić information content (AvgIpc) is 0.670. The van der Waals surface area contributed by atoms with Crippen LogP contribution < -0.4 is 4.74 Å². The summed E-state index contributed by atoms with van der Waals surface area (Å²) in [6, 6.07) is 6.74. The topological polar surface area (TPSA) is 465 Å². The first-order chi connectivity index (χ1) is 46.1. The summed E-state index contributed by atoms with van der Waals surface area (Å²) in [5, 5.41) is 167. The first kappa shape index (κ1) is 75.2. The van der Waals surface area contributed by atoms with Crippen LogP contribution in [0.1, 0.15) is 112 Å². The van der Waals surface area contributed by atoms with E-state index in [1.807, 2.05) is 6.92 Å². The molecule has 5 saturated heterocycles. The minimum atomic E-state index is -2.08. The van der Waals surface area contributed by atoms with Gasteiger partial charge in [0.25, 0.3) is 0 Å². The van der Waals surface area contributed by atoms with Crippen molar-refractivity contribution in [3.8, 4) is 5.75 Å². The maximum absolute atomic E-state index is 16.0. The molecule has 5 aliphatic heterocycles. The molecule has 11 rings (SSSR count). The van der Waals surface area contributed by atoms with Crippen LogP contribution in [0.15, 0.2) is 42.0 Å². The van der Waals surface area contributed by atoms with Gasteiger partial charge in [0.15, 0.2) is 37.4 Å². The van der Waals surface area contributed by atoms with Gasteiger partial charge in [-0.2, -0.15) is 0 Å². The highest BCUT2D eigenvalue weighted by molar-refractivity contribution is 5.87. The van der Waals surface area contributed by atoms with Gasteiger partial charge in [0, 0.05) is 11.5 Å². The number of allylic oxidation sites excluding steroid dienone is 1. The van der Waals surface area contributed by atoms with Gasteiger partial charge in [-0.3, -0.25) is 9.59 Å². The van der Waals surface area contributed by atoms with E-state index in [1.54, 1.807) is 24.3 Å². The molecule has 552 valence electrons. The summed E-state index contributed by atoms with van der Waals surface area (Å²) in [6.45, 7) is 10.4. The number of carbonyl (C=O) groups is 3. The number of benzene rings is 1. The van der Waals surface area contributed by atoms with Crippen molar-refractivity contribution in [1.82, 2.24) is 0 Å². The molecular weight excluding hydrogens is 1300 g/mol. The van der Waals surface area contributed by atoms with Gasteiger partial charge in [-0.1, -0.05) is 51.5 Å². The normalized spacial score (nSPS) is 49.4. The zero-order chi connectivity index (χ0) is 71.3. The first-order valence-electron chi connectivity index (χ1n) is 34.0. The smallest absolute Gasteiger partial charge is 0.331 e. The van der Waals surface area contributed by atoms with Crippen molar-refractivity contribution >= 4 is 24.0 Å². The fourth-order valence-electron chi connectivity index (χ4n) is 18.8. The summed E-state index contributed by atoms with van der Waals surface area (Å²) in [4.78, 5) is 43.7. The number of aliphatic hydroxyl groups excluding tert-OH is 14. The highest BCUT2D eigenvalue weighted by Gasteiger charge is 2.74. The Balaban J connectivity index is 0.904. The van der Waals surface area contributed by atoms with E-state index in [2.05, 4.69) is 26.8 Å². The molecule has 33 atom stereocenters. The molecule has 0 aromatic heterocycles. The van der Waals surface area contributed by atoms with Crippen molar-refractivity contribution in [2.45, 2.75) is 260 Å². The molecule has 5 aliphatic carbocycles. The number of hydrogen-bond donors (Lipinski definition) is 15. The van der Waals surface area contributed by atoms with Crippen molar-refractivity contribution in [3.05, 3.63) is 47.6 Å². The zero-order valence-electron chi connectivity index (χ0n) is 56.2. The standard InChI is InChI=1S/C68H100O30/c1-29-51(93-41(74)16-11-31-9-12-32(87-8)13-10-31)49(82)54(96-59-50(83)53(95-57-47(80)43(76)37(73)27-89-57)52(30(2)90-59)94-56-46(79)42(75)36(72)26-88-56)60(91-29)98-62(86)67-20-19-63(3,4)23-34(67)33-14-15-39-64(5)24-35(71)55(97-58-48(81)45(78)44(77)38(25-69)92-58)66(7,61(84)85)40(64)17-18-65(39,6)68(33,28-70)22-21-67/h9-14,16,29-30,34-40,42-60,69-73,75-83H,15,17-28H2,1-8H3,(H,84,85)/b16-11-/t29-,30+,34+,35+,36-,37-,38-,39-,40-,42+,43-,44-,45+,46-,47+,48-,49+,50-,51+,52+,53+,54-,55+,56+,57+,58+,59+,60+,64-,65-,66+,67+,68+/m1/s1. The van der Waals surface area contributed by atoms with Gasteiger partial charge in [0.2, 0.25) is 6.29 Å². The Bertz CT molecular complexity index is 3040. The van der Waals surface area contributed by atoms with Gasteiger partial charge in [-0.25, -0.2) is 4.79 Å². The van der Waals surface area contributed by atoms with Crippen LogP contribution in [0.5, 0.6) is 5.75 Å². The maximum Gasteiger partial charge on any atom is 0.331 e. The van der Waals surface area contributed by atoms with E-state index in [0.29, 0.717) is 37.0 Å². The Morgan fingerprint density at radius 2 is 1.16 bits per heavy atom. The van der Waals surface area contributed by atoms with Gasteiger partial charge in [0.1, 0.15) is 97.3 Å². The van der Waals surface area contributed by atoms with E-state index < -0.39 is 230 Å². The fourth-order valence-corrected chi connectivity index (χ4v) is 18.8. The Kier molecular flexibility index (Phi) is 21.9. The molecule has 0 bridgehead atoms. The number of hydrogen-bond acceptors (Lipinski definition) is 29. The minimum absolute atomic E-state index is 0.00304. The van der Waals surface area contributed by atoms with Crippen LogP contribution in [0.3, 0.4) is 0 Å². The Labute approximate surface area is 566 Å². The van der Waals surface area contributed by atoms with Crippen LogP contribution in [0, 0.1) is 50.2 Å². The SMILES string of the molecule is COc1ccc(/C=C\C(=O)O[C@@H]2[C@H](O)[C@@H](O[C@@H]3O[C@@H](C)[C@H](O[C@@H]4OC[C@@H](O)[C@H](O)[C@H]4O)[C@@H](O[C@@H]4OC[C@@H](O)[C@@H](O)[C@@H]4O)[C@H]3O)[C@H](OC(=O)[C@]34CCC(C)(C)C[C@H]3C3=CC[C@@H]5[C@@]6(C)C[C@H](O)[C@H](O[C@@H]7O[C@H](CO)[C@@H](O)[C@H](O)[C@H]7O)[C@@](C)(C(=O)O)[C@@H]6CC[C@@]5(C)[C@]3(CO)CC4)O[C@@H]2C)cc1. The third kappa shape index (κ3) is 13.0. The van der Waals surface area contributed by atoms with E-state index in [0.717, 1.165) is 11.6 Å². The third-order valence-electron chi connectivity index (χ3n) is 24.4. The molecular formula is C68H100O30. The van der Waals surface area contributed by atoms with Crippen molar-refractivity contribution in [3.63, 3.8) is 0 Å². The Hall–Kier alpha value is -4.01. The van der Waals surface area contributed by atoms with Crippen LogP contribution in [-0.2, 0) is 66.5 Å². The summed E-state index contributed by atoms with van der Waals surface area (Å²) < 4.78 is 72.3. The number of methoxy groups -OCH3 is 1. The van der Waals surface area contributed by atoms with Gasteiger partial charge in [0.05, 0.1) is 62.7 Å². The summed E-state index contributed by atoms with van der Waals surface area (Å²) in [7, 11) is 1.50. The van der Waals surface area contributed by atoms with Gasteiger partial charge in [-0.15, -0.1) is 0 Å². The number of fused-ring (bicyclic) bond motifs is 7. The quantitative estimate of drug-likeness (QED) is 0.0362. The van der Waals surface area contributed by atoms with Gasteiger partial charge < -0.3 is 133 Å². The molecule has 10 aliphatic rings. The molecule has 4 saturated carbocycles. The molecule has 0 amide bonds. The van der Waals surface area contributed by atoms with E-state index >= 15 is 4.79 Å². The van der Waals surface area contributed by atoms with E-state index in [4.69, 9.17) is 56.8 Å². The van der Waals surface area contributed by atoms with E-state index in [9.17, 15) is 86.2 Å². The van der Waals surface area contributed by atoms with Crippen LogP contribution in [0.25, 0.3) is 6.08 Å². The van der Waals surface area contributed by atoms with Gasteiger partial charge in [-0.05, 0) is 136 Å². The molecule has 1 aromatic carbocycles. The van der Waals surface area contributed by atoms with Crippen LogP contribution >= 0.6 is 0 Å². The molecule has 5 heterocycles. The number of carbonyl (C=O) groups excluding carboxylic acids is 2. The summed E-state index contributed by atoms with van der Waals surface area (Å²) in [5.41, 5.74) is -4.97. The van der Waals surface area contributed by atoms with E-state index in [1.165, 1.54) is 34.0 Å². The number of rotatable bonds is 17. The highest BCUT2D eigenvalue weighted by atomic mass is 16.8. The number of ether oxygens (including phenoxy) is 12. The van der Waals surface area contributed by atoms with Crippen LogP contribution in [0.4, 0.5) is 0 Å². The largest absolute Gasteiger partial charge is 0.497 e. The zero-order valence-corrected chi connectivity index (χ0v) is 56.2. The van der Waals surface area contributed by atoms with Crippen LogP contribution in [0.2, 0.25) is 0 Å².